The van der Waals surface area contributed by atoms with Crippen LogP contribution in [0.5, 0.6) is 0 Å². The molecule has 3 aromatic rings. The molecule has 0 saturated heterocycles. The lowest BCUT2D eigenvalue weighted by Crippen LogP contribution is -2.15. The van der Waals surface area contributed by atoms with Gasteiger partial charge in [0, 0.05) is 27.9 Å². The Morgan fingerprint density at radius 2 is 2.00 bits per heavy atom. The Labute approximate surface area is 128 Å². The normalized spacial score (nSPS) is 17.4. The first-order chi connectivity index (χ1) is 10.4. The number of pyridine rings is 1. The summed E-state index contributed by atoms with van der Waals surface area (Å²) in [6.07, 6.45) is 3.00. The van der Waals surface area contributed by atoms with Crippen LogP contribution in [0.2, 0.25) is 0 Å². The van der Waals surface area contributed by atoms with Crippen LogP contribution in [-0.4, -0.2) is 10.7 Å². The van der Waals surface area contributed by atoms with Gasteiger partial charge in [0.15, 0.2) is 0 Å². The van der Waals surface area contributed by atoms with Gasteiger partial charge in [-0.3, -0.25) is 4.98 Å². The van der Waals surface area contributed by atoms with Gasteiger partial charge in [-0.15, -0.1) is 11.8 Å². The molecule has 0 amide bonds. The number of benzene rings is 2. The summed E-state index contributed by atoms with van der Waals surface area (Å²) in [6, 6.07) is 19.6. The fourth-order valence-electron chi connectivity index (χ4n) is 2.86. The molecule has 0 saturated carbocycles. The highest BCUT2D eigenvalue weighted by molar-refractivity contribution is 7.99. The number of fused-ring (bicyclic) bond motifs is 2. The van der Waals surface area contributed by atoms with Crippen LogP contribution in [0.1, 0.15) is 18.0 Å². The molecule has 0 radical (unpaired) electrons. The highest BCUT2D eigenvalue weighted by Crippen LogP contribution is 2.37. The van der Waals surface area contributed by atoms with Crippen molar-refractivity contribution in [3.05, 3.63) is 66.4 Å². The van der Waals surface area contributed by atoms with E-state index in [0.29, 0.717) is 6.04 Å². The number of anilines is 1. The van der Waals surface area contributed by atoms with Crippen LogP contribution < -0.4 is 5.32 Å². The third kappa shape index (κ3) is 2.49. The first-order valence-corrected chi connectivity index (χ1v) is 8.22. The van der Waals surface area contributed by atoms with Crippen molar-refractivity contribution < 1.29 is 0 Å². The number of hydrogen-bond acceptors (Lipinski definition) is 3. The number of thioether (sulfide) groups is 1. The molecule has 2 aromatic carbocycles. The number of aromatic nitrogens is 1. The summed E-state index contributed by atoms with van der Waals surface area (Å²) in [5.74, 6) is 1.17. The average Bonchev–Trinajstić information content (AvgIpc) is 2.55. The quantitative estimate of drug-likeness (QED) is 0.728. The van der Waals surface area contributed by atoms with E-state index in [1.54, 1.807) is 0 Å². The van der Waals surface area contributed by atoms with E-state index in [1.165, 1.54) is 27.3 Å². The SMILES string of the molecule is c1ccc2c(c1)SCCC2Nc1ccc2ncccc2c1. The van der Waals surface area contributed by atoms with Gasteiger partial charge in [0.1, 0.15) is 0 Å². The summed E-state index contributed by atoms with van der Waals surface area (Å²) in [6.45, 7) is 0. The number of nitrogens with zero attached hydrogens (tertiary/aromatic N) is 1. The maximum absolute atomic E-state index is 4.37. The molecule has 1 unspecified atom stereocenters. The Morgan fingerprint density at radius 3 is 3.00 bits per heavy atom. The van der Waals surface area contributed by atoms with Gasteiger partial charge in [-0.05, 0) is 42.3 Å². The third-order valence-electron chi connectivity index (χ3n) is 3.90. The van der Waals surface area contributed by atoms with Gasteiger partial charge in [-0.2, -0.15) is 0 Å². The van der Waals surface area contributed by atoms with Crippen LogP contribution >= 0.6 is 11.8 Å². The predicted molar refractivity (Wildman–Crippen MR) is 89.9 cm³/mol. The van der Waals surface area contributed by atoms with Crippen molar-refractivity contribution in [2.45, 2.75) is 17.4 Å². The van der Waals surface area contributed by atoms with E-state index in [2.05, 4.69) is 58.8 Å². The van der Waals surface area contributed by atoms with Crippen LogP contribution in [0.4, 0.5) is 5.69 Å². The van der Waals surface area contributed by atoms with E-state index >= 15 is 0 Å². The van der Waals surface area contributed by atoms with Crippen molar-refractivity contribution in [3.63, 3.8) is 0 Å². The highest BCUT2D eigenvalue weighted by atomic mass is 32.2. The second kappa shape index (κ2) is 5.41. The zero-order chi connectivity index (χ0) is 14.1. The Bertz CT molecular complexity index is 785. The van der Waals surface area contributed by atoms with Gasteiger partial charge in [-0.1, -0.05) is 24.3 Å². The lowest BCUT2D eigenvalue weighted by Gasteiger charge is -2.26. The van der Waals surface area contributed by atoms with E-state index in [1.807, 2.05) is 24.0 Å². The molecule has 1 N–H and O–H groups in total. The van der Waals surface area contributed by atoms with Crippen molar-refractivity contribution in [2.24, 2.45) is 0 Å². The first-order valence-electron chi connectivity index (χ1n) is 7.23. The molecule has 0 bridgehead atoms. The summed E-state index contributed by atoms with van der Waals surface area (Å²) >= 11 is 1.96. The van der Waals surface area contributed by atoms with Crippen molar-refractivity contribution >= 4 is 28.4 Å². The molecule has 1 atom stereocenters. The average molecular weight is 292 g/mol. The number of rotatable bonds is 2. The Hall–Kier alpha value is -2.00. The summed E-state index contributed by atoms with van der Waals surface area (Å²) < 4.78 is 0. The zero-order valence-electron chi connectivity index (χ0n) is 11.6. The fourth-order valence-corrected chi connectivity index (χ4v) is 3.98. The van der Waals surface area contributed by atoms with Crippen LogP contribution in [0, 0.1) is 0 Å². The number of hydrogen-bond donors (Lipinski definition) is 1. The molecular formula is C18H16N2S. The largest absolute Gasteiger partial charge is 0.378 e. The van der Waals surface area contributed by atoms with Crippen molar-refractivity contribution in [3.8, 4) is 0 Å². The van der Waals surface area contributed by atoms with Crippen molar-refractivity contribution in [1.82, 2.24) is 4.98 Å². The van der Waals surface area contributed by atoms with E-state index in [-0.39, 0.29) is 0 Å². The topological polar surface area (TPSA) is 24.9 Å². The van der Waals surface area contributed by atoms with Crippen LogP contribution in [0.15, 0.2) is 65.7 Å². The molecule has 2 nitrogen and oxygen atoms in total. The van der Waals surface area contributed by atoms with E-state index < -0.39 is 0 Å². The van der Waals surface area contributed by atoms with Gasteiger partial charge >= 0.3 is 0 Å². The Morgan fingerprint density at radius 1 is 1.05 bits per heavy atom. The lowest BCUT2D eigenvalue weighted by atomic mass is 10.0. The Kier molecular flexibility index (Phi) is 3.28. The predicted octanol–water partition coefficient (Wildman–Crippen LogP) is 4.88. The van der Waals surface area contributed by atoms with E-state index in [4.69, 9.17) is 0 Å². The summed E-state index contributed by atoms with van der Waals surface area (Å²) in [4.78, 5) is 5.78. The minimum absolute atomic E-state index is 0.400. The monoisotopic (exact) mass is 292 g/mol. The van der Waals surface area contributed by atoms with Gasteiger partial charge in [0.05, 0.1) is 11.6 Å². The third-order valence-corrected chi connectivity index (χ3v) is 5.03. The first kappa shape index (κ1) is 12.7. The molecule has 21 heavy (non-hydrogen) atoms. The summed E-state index contributed by atoms with van der Waals surface area (Å²) in [5, 5.41) is 4.87. The van der Waals surface area contributed by atoms with Crippen LogP contribution in [-0.2, 0) is 0 Å². The van der Waals surface area contributed by atoms with E-state index in [9.17, 15) is 0 Å². The molecule has 2 heterocycles. The minimum Gasteiger partial charge on any atom is -0.378 e. The van der Waals surface area contributed by atoms with Crippen molar-refractivity contribution in [1.29, 1.82) is 0 Å². The second-order valence-electron chi connectivity index (χ2n) is 5.28. The van der Waals surface area contributed by atoms with Gasteiger partial charge < -0.3 is 5.32 Å². The standard InChI is InChI=1S/C18H16N2S/c1-2-6-18-15(5-1)17(9-11-21-18)20-14-7-8-16-13(12-14)4-3-10-19-16/h1-8,10,12,17,20H,9,11H2. The molecular weight excluding hydrogens is 276 g/mol. The molecule has 1 aromatic heterocycles. The molecule has 3 heteroatoms. The maximum atomic E-state index is 4.37. The zero-order valence-corrected chi connectivity index (χ0v) is 12.4. The maximum Gasteiger partial charge on any atom is 0.0703 e. The molecule has 1 aliphatic rings. The molecule has 4 rings (SSSR count). The molecule has 0 aliphatic carbocycles. The lowest BCUT2D eigenvalue weighted by molar-refractivity contribution is 0.729. The van der Waals surface area contributed by atoms with Gasteiger partial charge in [0.2, 0.25) is 0 Å². The fraction of sp³-hybridized carbons (Fsp3) is 0.167. The smallest absolute Gasteiger partial charge is 0.0703 e. The summed E-state index contributed by atoms with van der Waals surface area (Å²) in [5.41, 5.74) is 3.63. The van der Waals surface area contributed by atoms with Gasteiger partial charge in [-0.25, -0.2) is 0 Å². The molecule has 0 fully saturated rings. The summed E-state index contributed by atoms with van der Waals surface area (Å²) in [7, 11) is 0. The van der Waals surface area contributed by atoms with Crippen LogP contribution in [0.3, 0.4) is 0 Å². The van der Waals surface area contributed by atoms with Gasteiger partial charge in [0.25, 0.3) is 0 Å². The molecule has 1 aliphatic heterocycles. The molecule has 0 spiro atoms. The minimum atomic E-state index is 0.400. The van der Waals surface area contributed by atoms with Crippen molar-refractivity contribution in [2.75, 3.05) is 11.1 Å². The highest BCUT2D eigenvalue weighted by Gasteiger charge is 2.19. The van der Waals surface area contributed by atoms with E-state index in [0.717, 1.165) is 11.9 Å². The molecule has 104 valence electrons. The second-order valence-corrected chi connectivity index (χ2v) is 6.42. The Balaban J connectivity index is 1.66. The van der Waals surface area contributed by atoms with Crippen LogP contribution in [0.25, 0.3) is 10.9 Å². The number of nitrogens with one attached hydrogen (secondary N) is 1.